The molecule has 4 heteroatoms. The number of thiophene rings is 1. The molecule has 2 nitrogen and oxygen atoms in total. The second-order valence-corrected chi connectivity index (χ2v) is 6.96. The van der Waals surface area contributed by atoms with Crippen LogP contribution in [-0.4, -0.2) is 17.4 Å². The maximum atomic E-state index is 13.0. The maximum absolute atomic E-state index is 13.0. The van der Waals surface area contributed by atoms with Gasteiger partial charge in [-0.3, -0.25) is 4.79 Å². The number of carbonyl (C=O) groups excluding carboxylic acids is 1. The third-order valence-electron chi connectivity index (χ3n) is 4.13. The molecule has 1 aromatic carbocycles. The summed E-state index contributed by atoms with van der Waals surface area (Å²) in [5.41, 5.74) is 0.725. The summed E-state index contributed by atoms with van der Waals surface area (Å²) in [7, 11) is 0. The van der Waals surface area contributed by atoms with Crippen LogP contribution in [-0.2, 0) is 16.8 Å². The highest BCUT2D eigenvalue weighted by atomic mass is 35.5. The molecular formula is C17H18ClNOS. The molecule has 1 saturated carbocycles. The lowest BCUT2D eigenvalue weighted by Gasteiger charge is -2.26. The van der Waals surface area contributed by atoms with Gasteiger partial charge >= 0.3 is 0 Å². The first-order valence-electron chi connectivity index (χ1n) is 7.23. The summed E-state index contributed by atoms with van der Waals surface area (Å²) in [5, 5.41) is 2.75. The van der Waals surface area contributed by atoms with Crippen molar-refractivity contribution in [3.8, 4) is 0 Å². The zero-order valence-corrected chi connectivity index (χ0v) is 13.6. The van der Waals surface area contributed by atoms with Gasteiger partial charge < -0.3 is 4.90 Å². The molecule has 0 radical (unpaired) electrons. The Kier molecular flexibility index (Phi) is 4.05. The van der Waals surface area contributed by atoms with E-state index in [2.05, 4.69) is 11.4 Å². The van der Waals surface area contributed by atoms with E-state index in [0.717, 1.165) is 24.9 Å². The Morgan fingerprint density at radius 2 is 2.14 bits per heavy atom. The molecule has 1 aromatic heterocycles. The summed E-state index contributed by atoms with van der Waals surface area (Å²) in [6, 6.07) is 11.9. The fraction of sp³-hybridized carbons (Fsp3) is 0.353. The van der Waals surface area contributed by atoms with Gasteiger partial charge in [0.15, 0.2) is 0 Å². The number of halogens is 1. The third-order valence-corrected chi connectivity index (χ3v) is 5.23. The molecule has 0 spiro atoms. The molecular weight excluding hydrogens is 302 g/mol. The number of hydrogen-bond acceptors (Lipinski definition) is 2. The SMILES string of the molecule is CCN(Cc1cccs1)C(=O)C1(c2cccc(Cl)c2)CC1. The van der Waals surface area contributed by atoms with Crippen LogP contribution in [0.4, 0.5) is 0 Å². The number of benzene rings is 1. The Labute approximate surface area is 134 Å². The third kappa shape index (κ3) is 2.85. The van der Waals surface area contributed by atoms with E-state index in [9.17, 15) is 4.79 Å². The number of rotatable bonds is 5. The molecule has 110 valence electrons. The van der Waals surface area contributed by atoms with Gasteiger partial charge in [0.05, 0.1) is 12.0 Å². The van der Waals surface area contributed by atoms with Crippen LogP contribution in [0.2, 0.25) is 5.02 Å². The van der Waals surface area contributed by atoms with Gasteiger partial charge in [0.1, 0.15) is 0 Å². The zero-order chi connectivity index (χ0) is 14.9. The maximum Gasteiger partial charge on any atom is 0.233 e. The van der Waals surface area contributed by atoms with Crippen molar-refractivity contribution in [1.29, 1.82) is 0 Å². The highest BCUT2D eigenvalue weighted by molar-refractivity contribution is 7.09. The molecule has 0 aliphatic heterocycles. The first kappa shape index (κ1) is 14.6. The predicted octanol–water partition coefficient (Wildman–Crippen LogP) is 4.48. The van der Waals surface area contributed by atoms with Crippen LogP contribution < -0.4 is 0 Å². The van der Waals surface area contributed by atoms with Crippen molar-refractivity contribution in [3.05, 3.63) is 57.2 Å². The van der Waals surface area contributed by atoms with Crippen molar-refractivity contribution in [3.63, 3.8) is 0 Å². The number of likely N-dealkylation sites (N-methyl/N-ethyl adjacent to an activating group) is 1. The van der Waals surface area contributed by atoms with Crippen LogP contribution in [0, 0.1) is 0 Å². The lowest BCUT2D eigenvalue weighted by Crippen LogP contribution is -2.38. The van der Waals surface area contributed by atoms with Gasteiger partial charge in [-0.25, -0.2) is 0 Å². The van der Waals surface area contributed by atoms with Crippen molar-refractivity contribution in [2.24, 2.45) is 0 Å². The minimum atomic E-state index is -0.335. The quantitative estimate of drug-likeness (QED) is 0.795. The van der Waals surface area contributed by atoms with E-state index in [1.54, 1.807) is 11.3 Å². The molecule has 0 N–H and O–H groups in total. The van der Waals surface area contributed by atoms with E-state index in [-0.39, 0.29) is 11.3 Å². The Morgan fingerprint density at radius 3 is 2.71 bits per heavy atom. The van der Waals surface area contributed by atoms with Gasteiger partial charge in [0.25, 0.3) is 0 Å². The molecule has 3 rings (SSSR count). The molecule has 21 heavy (non-hydrogen) atoms. The normalized spacial score (nSPS) is 15.7. The topological polar surface area (TPSA) is 20.3 Å². The molecule has 1 aliphatic rings. The summed E-state index contributed by atoms with van der Waals surface area (Å²) in [5.74, 6) is 0.237. The Balaban J connectivity index is 1.83. The number of carbonyl (C=O) groups is 1. The second-order valence-electron chi connectivity index (χ2n) is 5.49. The second kappa shape index (κ2) is 5.82. The molecule has 2 aromatic rings. The van der Waals surface area contributed by atoms with E-state index < -0.39 is 0 Å². The van der Waals surface area contributed by atoms with Crippen LogP contribution in [0.5, 0.6) is 0 Å². The fourth-order valence-corrected chi connectivity index (χ4v) is 3.67. The highest BCUT2D eigenvalue weighted by Crippen LogP contribution is 2.50. The van der Waals surface area contributed by atoms with Crippen LogP contribution in [0.25, 0.3) is 0 Å². The summed E-state index contributed by atoms with van der Waals surface area (Å²) in [6.07, 6.45) is 1.85. The van der Waals surface area contributed by atoms with Crippen molar-refractivity contribution in [2.75, 3.05) is 6.54 Å². The standard InChI is InChI=1S/C17H18ClNOS/c1-2-19(12-15-7-4-10-21-15)16(20)17(8-9-17)13-5-3-6-14(18)11-13/h3-7,10-11H,2,8-9,12H2,1H3. The van der Waals surface area contributed by atoms with E-state index in [4.69, 9.17) is 11.6 Å². The smallest absolute Gasteiger partial charge is 0.233 e. The van der Waals surface area contributed by atoms with Crippen LogP contribution >= 0.6 is 22.9 Å². The van der Waals surface area contributed by atoms with E-state index >= 15 is 0 Å². The molecule has 0 bridgehead atoms. The molecule has 0 unspecified atom stereocenters. The van der Waals surface area contributed by atoms with Crippen LogP contribution in [0.3, 0.4) is 0 Å². The first-order valence-corrected chi connectivity index (χ1v) is 8.49. The van der Waals surface area contributed by atoms with Gasteiger partial charge in [0.2, 0.25) is 5.91 Å². The molecule has 1 heterocycles. The fourth-order valence-electron chi connectivity index (χ4n) is 2.76. The largest absolute Gasteiger partial charge is 0.337 e. The van der Waals surface area contributed by atoms with Crippen molar-refractivity contribution >= 4 is 28.8 Å². The summed E-state index contributed by atoms with van der Waals surface area (Å²) in [4.78, 5) is 16.2. The zero-order valence-electron chi connectivity index (χ0n) is 12.0. The average Bonchev–Trinajstić information content (AvgIpc) is 3.15. The van der Waals surface area contributed by atoms with E-state index in [0.29, 0.717) is 11.6 Å². The minimum absolute atomic E-state index is 0.237. The predicted molar refractivity (Wildman–Crippen MR) is 87.8 cm³/mol. The highest BCUT2D eigenvalue weighted by Gasteiger charge is 2.52. The first-order chi connectivity index (χ1) is 10.2. The van der Waals surface area contributed by atoms with Gasteiger partial charge in [-0.15, -0.1) is 11.3 Å². The van der Waals surface area contributed by atoms with E-state index in [1.807, 2.05) is 42.2 Å². The average molecular weight is 320 g/mol. The molecule has 0 atom stereocenters. The lowest BCUT2D eigenvalue weighted by molar-refractivity contribution is -0.134. The summed E-state index contributed by atoms with van der Waals surface area (Å²) >= 11 is 7.79. The van der Waals surface area contributed by atoms with Gasteiger partial charge in [0, 0.05) is 16.4 Å². The monoisotopic (exact) mass is 319 g/mol. The Hall–Kier alpha value is -1.32. The van der Waals surface area contributed by atoms with Gasteiger partial charge in [-0.1, -0.05) is 29.8 Å². The summed E-state index contributed by atoms with van der Waals surface area (Å²) < 4.78 is 0. The van der Waals surface area contributed by atoms with Gasteiger partial charge in [-0.2, -0.15) is 0 Å². The Morgan fingerprint density at radius 1 is 1.33 bits per heavy atom. The lowest BCUT2D eigenvalue weighted by atomic mass is 9.94. The molecule has 1 amide bonds. The number of amides is 1. The van der Waals surface area contributed by atoms with Crippen molar-refractivity contribution in [1.82, 2.24) is 4.90 Å². The summed E-state index contributed by atoms with van der Waals surface area (Å²) in [6.45, 7) is 3.48. The molecule has 0 saturated heterocycles. The molecule has 1 fully saturated rings. The van der Waals surface area contributed by atoms with Gasteiger partial charge in [-0.05, 0) is 48.9 Å². The van der Waals surface area contributed by atoms with Crippen LogP contribution in [0.15, 0.2) is 41.8 Å². The van der Waals surface area contributed by atoms with E-state index in [1.165, 1.54) is 4.88 Å². The molecule has 1 aliphatic carbocycles. The van der Waals surface area contributed by atoms with Crippen molar-refractivity contribution < 1.29 is 4.79 Å². The number of hydrogen-bond donors (Lipinski definition) is 0. The number of nitrogens with zero attached hydrogens (tertiary/aromatic N) is 1. The van der Waals surface area contributed by atoms with Crippen molar-refractivity contribution in [2.45, 2.75) is 31.7 Å². The Bertz CT molecular complexity index is 634. The minimum Gasteiger partial charge on any atom is -0.337 e. The van der Waals surface area contributed by atoms with Crippen LogP contribution in [0.1, 0.15) is 30.2 Å².